The number of hydrogen-bond acceptors (Lipinski definition) is 4. The van der Waals surface area contributed by atoms with Crippen LogP contribution in [-0.4, -0.2) is 19.6 Å². The highest BCUT2D eigenvalue weighted by molar-refractivity contribution is 7.17. The molecule has 4 aromatic rings. The fourth-order valence-electron chi connectivity index (χ4n) is 2.17. The molecule has 0 bridgehead atoms. The van der Waals surface area contributed by atoms with Crippen molar-refractivity contribution in [1.29, 1.82) is 0 Å². The quantitative estimate of drug-likeness (QED) is 0.583. The number of H-pyrrole nitrogens is 1. The first-order valence-electron chi connectivity index (χ1n) is 6.16. The Morgan fingerprint density at radius 2 is 2.00 bits per heavy atom. The summed E-state index contributed by atoms with van der Waals surface area (Å²) in [6, 6.07) is 9.81. The third kappa shape index (κ3) is 1.58. The van der Waals surface area contributed by atoms with Gasteiger partial charge in [0.2, 0.25) is 0 Å². The van der Waals surface area contributed by atoms with Gasteiger partial charge in [0.1, 0.15) is 0 Å². The second-order valence-electron chi connectivity index (χ2n) is 4.63. The third-order valence-corrected chi connectivity index (χ3v) is 4.13. The molecule has 0 saturated carbocycles. The normalized spacial score (nSPS) is 11.4. The van der Waals surface area contributed by atoms with Gasteiger partial charge in [0, 0.05) is 5.56 Å². The molecule has 20 heavy (non-hydrogen) atoms. The van der Waals surface area contributed by atoms with Crippen LogP contribution in [0.3, 0.4) is 0 Å². The molecule has 0 aliphatic rings. The van der Waals surface area contributed by atoms with E-state index in [2.05, 4.69) is 15.1 Å². The highest BCUT2D eigenvalue weighted by atomic mass is 32.1. The van der Waals surface area contributed by atoms with E-state index in [1.807, 2.05) is 42.6 Å². The molecule has 0 fully saturated rings. The number of hydrogen-bond donors (Lipinski definition) is 1. The Labute approximate surface area is 117 Å². The van der Waals surface area contributed by atoms with Gasteiger partial charge in [-0.2, -0.15) is 4.52 Å². The summed E-state index contributed by atoms with van der Waals surface area (Å²) < 4.78 is 2.27. The van der Waals surface area contributed by atoms with Crippen molar-refractivity contribution in [2.75, 3.05) is 0 Å². The Hall–Kier alpha value is -2.47. The molecule has 4 rings (SSSR count). The van der Waals surface area contributed by atoms with Gasteiger partial charge in [0.15, 0.2) is 11.5 Å². The van der Waals surface area contributed by atoms with E-state index in [0.717, 1.165) is 15.8 Å². The molecular weight excluding hydrogens is 272 g/mol. The number of fused-ring (bicyclic) bond motifs is 3. The second-order valence-corrected chi connectivity index (χ2v) is 5.55. The zero-order valence-electron chi connectivity index (χ0n) is 10.6. The number of benzene rings is 1. The number of rotatable bonds is 1. The molecule has 0 atom stereocenters. The minimum Gasteiger partial charge on any atom is -0.304 e. The number of aromatic nitrogens is 4. The van der Waals surface area contributed by atoms with Crippen LogP contribution in [0.1, 0.15) is 5.56 Å². The molecule has 6 heteroatoms. The van der Waals surface area contributed by atoms with Crippen LogP contribution in [0.15, 0.2) is 40.5 Å². The van der Waals surface area contributed by atoms with Crippen molar-refractivity contribution in [3.05, 3.63) is 51.8 Å². The molecule has 0 saturated heterocycles. The van der Waals surface area contributed by atoms with E-state index in [-0.39, 0.29) is 5.69 Å². The maximum absolute atomic E-state index is 12.0. The van der Waals surface area contributed by atoms with E-state index >= 15 is 0 Å². The summed E-state index contributed by atoms with van der Waals surface area (Å²) in [5.41, 5.74) is 3.22. The monoisotopic (exact) mass is 282 g/mol. The van der Waals surface area contributed by atoms with Crippen molar-refractivity contribution in [3.63, 3.8) is 0 Å². The smallest absolute Gasteiger partial charge is 0.304 e. The van der Waals surface area contributed by atoms with Crippen LogP contribution in [0.2, 0.25) is 0 Å². The lowest BCUT2D eigenvalue weighted by Gasteiger charge is -1.94. The van der Waals surface area contributed by atoms with E-state index in [1.54, 1.807) is 11.3 Å². The van der Waals surface area contributed by atoms with Crippen molar-refractivity contribution >= 4 is 27.2 Å². The Morgan fingerprint density at radius 3 is 2.80 bits per heavy atom. The number of nitrogens with one attached hydrogen (secondary N) is 1. The summed E-state index contributed by atoms with van der Waals surface area (Å²) in [5.74, 6) is 0.566. The van der Waals surface area contributed by atoms with E-state index in [0.29, 0.717) is 11.5 Å². The minimum atomic E-state index is -0.267. The van der Waals surface area contributed by atoms with Gasteiger partial charge in [-0.15, -0.1) is 16.4 Å². The van der Waals surface area contributed by atoms with Crippen LogP contribution < -0.4 is 5.69 Å². The summed E-state index contributed by atoms with van der Waals surface area (Å²) in [5, 5.41) is 6.24. The van der Waals surface area contributed by atoms with Crippen molar-refractivity contribution in [3.8, 4) is 11.4 Å². The van der Waals surface area contributed by atoms with Gasteiger partial charge in [0.05, 0.1) is 10.2 Å². The topological polar surface area (TPSA) is 63.0 Å². The highest BCUT2D eigenvalue weighted by Gasteiger charge is 2.12. The molecule has 3 aromatic heterocycles. The Balaban J connectivity index is 2.05. The van der Waals surface area contributed by atoms with Gasteiger partial charge in [0.25, 0.3) is 0 Å². The molecule has 3 heterocycles. The minimum absolute atomic E-state index is 0.267. The predicted molar refractivity (Wildman–Crippen MR) is 79.2 cm³/mol. The highest BCUT2D eigenvalue weighted by Crippen LogP contribution is 2.23. The molecular formula is C14H10N4OS. The standard InChI is InChI=1S/C14H10N4OS/c1-8-2-4-9(5-3-8)12-16-13-11-10(6-7-20-11)15-14(19)18(13)17-12/h2-7H,1H3,(H,15,19). The van der Waals surface area contributed by atoms with Crippen molar-refractivity contribution in [1.82, 2.24) is 19.6 Å². The third-order valence-electron chi connectivity index (χ3n) is 3.22. The first kappa shape index (κ1) is 11.4. The summed E-state index contributed by atoms with van der Waals surface area (Å²) in [6.45, 7) is 2.03. The molecule has 0 spiro atoms. The molecule has 98 valence electrons. The van der Waals surface area contributed by atoms with Crippen molar-refractivity contribution < 1.29 is 0 Å². The molecule has 1 aromatic carbocycles. The fraction of sp³-hybridized carbons (Fsp3) is 0.0714. The van der Waals surface area contributed by atoms with Gasteiger partial charge >= 0.3 is 5.69 Å². The molecule has 0 radical (unpaired) electrons. The lowest BCUT2D eigenvalue weighted by Crippen LogP contribution is -2.16. The van der Waals surface area contributed by atoms with Crippen LogP contribution in [0.4, 0.5) is 0 Å². The lowest BCUT2D eigenvalue weighted by molar-refractivity contribution is 0.886. The fourth-order valence-corrected chi connectivity index (χ4v) is 3.00. The van der Waals surface area contributed by atoms with E-state index in [9.17, 15) is 4.79 Å². The molecule has 0 aliphatic carbocycles. The Bertz CT molecular complexity index is 978. The maximum Gasteiger partial charge on any atom is 0.348 e. The van der Waals surface area contributed by atoms with Crippen LogP contribution in [0, 0.1) is 6.92 Å². The average Bonchev–Trinajstić information content (AvgIpc) is 3.05. The van der Waals surface area contributed by atoms with Crippen molar-refractivity contribution in [2.24, 2.45) is 0 Å². The van der Waals surface area contributed by atoms with Crippen LogP contribution in [-0.2, 0) is 0 Å². The number of nitrogens with zero attached hydrogens (tertiary/aromatic N) is 3. The van der Waals surface area contributed by atoms with Crippen LogP contribution in [0.5, 0.6) is 0 Å². The van der Waals surface area contributed by atoms with Crippen LogP contribution >= 0.6 is 11.3 Å². The summed E-state index contributed by atoms with van der Waals surface area (Å²) in [7, 11) is 0. The summed E-state index contributed by atoms with van der Waals surface area (Å²) >= 11 is 1.54. The summed E-state index contributed by atoms with van der Waals surface area (Å²) in [4.78, 5) is 19.3. The zero-order valence-corrected chi connectivity index (χ0v) is 11.4. The largest absolute Gasteiger partial charge is 0.348 e. The van der Waals surface area contributed by atoms with Gasteiger partial charge in [-0.3, -0.25) is 0 Å². The van der Waals surface area contributed by atoms with Gasteiger partial charge in [-0.05, 0) is 18.4 Å². The average molecular weight is 282 g/mol. The SMILES string of the molecule is Cc1ccc(-c2nc3c4sccc4[nH]c(=O)n3n2)cc1. The van der Waals surface area contributed by atoms with Gasteiger partial charge in [-0.25, -0.2) is 9.78 Å². The van der Waals surface area contributed by atoms with E-state index in [4.69, 9.17) is 0 Å². The number of thiophene rings is 1. The molecule has 0 amide bonds. The number of aryl methyl sites for hydroxylation is 1. The maximum atomic E-state index is 12.0. The second kappa shape index (κ2) is 4.01. The Kier molecular flexibility index (Phi) is 2.28. The first-order valence-corrected chi connectivity index (χ1v) is 7.04. The first-order chi connectivity index (χ1) is 9.72. The van der Waals surface area contributed by atoms with Gasteiger partial charge < -0.3 is 4.98 Å². The predicted octanol–water partition coefficient (Wildman–Crippen LogP) is 2.61. The summed E-state index contributed by atoms with van der Waals surface area (Å²) in [6.07, 6.45) is 0. The van der Waals surface area contributed by atoms with E-state index < -0.39 is 0 Å². The molecule has 0 unspecified atom stereocenters. The lowest BCUT2D eigenvalue weighted by atomic mass is 10.1. The van der Waals surface area contributed by atoms with Gasteiger partial charge in [-0.1, -0.05) is 29.8 Å². The molecule has 1 N–H and O–H groups in total. The zero-order chi connectivity index (χ0) is 13.7. The van der Waals surface area contributed by atoms with Crippen LogP contribution in [0.25, 0.3) is 27.3 Å². The van der Waals surface area contributed by atoms with E-state index in [1.165, 1.54) is 10.1 Å². The Morgan fingerprint density at radius 1 is 1.20 bits per heavy atom. The molecule has 0 aliphatic heterocycles. The van der Waals surface area contributed by atoms with Crippen molar-refractivity contribution in [2.45, 2.75) is 6.92 Å². The number of aromatic amines is 1. The molecule has 5 nitrogen and oxygen atoms in total.